The molecule has 0 aromatic heterocycles. The first-order valence-electron chi connectivity index (χ1n) is 9.67. The number of ether oxygens (including phenoxy) is 4. The third-order valence-corrected chi connectivity index (χ3v) is 4.88. The molecule has 1 saturated heterocycles. The van der Waals surface area contributed by atoms with Gasteiger partial charge in [0.2, 0.25) is 0 Å². The van der Waals surface area contributed by atoms with Gasteiger partial charge in [-0.25, -0.2) is 0 Å². The molecule has 2 rings (SSSR count). The molecule has 28 heavy (non-hydrogen) atoms. The van der Waals surface area contributed by atoms with Gasteiger partial charge in [0.15, 0.2) is 12.1 Å². The number of phenols is 1. The summed E-state index contributed by atoms with van der Waals surface area (Å²) in [6.07, 6.45) is 10.5. The van der Waals surface area contributed by atoms with Crippen LogP contribution in [-0.4, -0.2) is 37.5 Å². The Morgan fingerprint density at radius 2 is 2.00 bits per heavy atom. The molecule has 0 spiro atoms. The summed E-state index contributed by atoms with van der Waals surface area (Å²) in [5.74, 6) is -0.748. The first kappa shape index (κ1) is 22.4. The fourth-order valence-electron chi connectivity index (χ4n) is 3.32. The highest BCUT2D eigenvalue weighted by atomic mass is 16.8. The zero-order valence-electron chi connectivity index (χ0n) is 17.5. The molecular weight excluding hydrogens is 356 g/mol. The van der Waals surface area contributed by atoms with Crippen molar-refractivity contribution in [3.63, 3.8) is 0 Å². The van der Waals surface area contributed by atoms with Crippen LogP contribution in [0.25, 0.3) is 0 Å². The van der Waals surface area contributed by atoms with Gasteiger partial charge >= 0.3 is 0 Å². The van der Waals surface area contributed by atoms with Gasteiger partial charge in [-0.1, -0.05) is 55.9 Å². The van der Waals surface area contributed by atoms with Gasteiger partial charge in [-0.3, -0.25) is 0 Å². The molecule has 1 heterocycles. The van der Waals surface area contributed by atoms with Crippen LogP contribution >= 0.6 is 0 Å². The van der Waals surface area contributed by atoms with E-state index in [0.717, 1.165) is 29.5 Å². The Hall–Kier alpha value is -1.92. The van der Waals surface area contributed by atoms with Crippen molar-refractivity contribution in [3.05, 3.63) is 65.3 Å². The minimum Gasteiger partial charge on any atom is -0.508 e. The zero-order chi connectivity index (χ0) is 20.6. The topological polar surface area (TPSA) is 57.2 Å². The van der Waals surface area contributed by atoms with E-state index in [9.17, 15) is 5.11 Å². The minimum absolute atomic E-state index is 0.241. The molecule has 0 aliphatic carbocycles. The zero-order valence-corrected chi connectivity index (χ0v) is 17.5. The third kappa shape index (κ3) is 5.11. The first-order valence-corrected chi connectivity index (χ1v) is 9.67. The van der Waals surface area contributed by atoms with E-state index in [4.69, 9.17) is 18.9 Å². The first-order chi connectivity index (χ1) is 13.5. The Kier molecular flexibility index (Phi) is 8.45. The Balaban J connectivity index is 2.31. The number of hydrogen-bond acceptors (Lipinski definition) is 5. The van der Waals surface area contributed by atoms with Crippen molar-refractivity contribution in [1.82, 2.24) is 0 Å². The van der Waals surface area contributed by atoms with Crippen LogP contribution in [0.15, 0.2) is 54.2 Å². The lowest BCUT2D eigenvalue weighted by Crippen LogP contribution is -2.40. The Bertz CT molecular complexity index is 722. The smallest absolute Gasteiger partial charge is 0.198 e. The van der Waals surface area contributed by atoms with E-state index in [1.807, 2.05) is 56.4 Å². The molecule has 1 aliphatic rings. The van der Waals surface area contributed by atoms with Gasteiger partial charge in [0.1, 0.15) is 11.9 Å². The van der Waals surface area contributed by atoms with Crippen LogP contribution in [0, 0.1) is 0 Å². The standard InChI is InChI=1S/C23H32O5/c1-6-8-9-10-14-18-21(23(3,26-5)28-22(18)25-4)27-16-19-17(12-7-2)13-11-15-20(19)24/h6,8-11,13-15,21-22,24H,7,12,16H2,1-5H3/b8-6+,10-9+,18-14+/t21-,22+,23-/m0/s1. The molecule has 1 fully saturated rings. The van der Waals surface area contributed by atoms with Crippen molar-refractivity contribution in [3.8, 4) is 5.75 Å². The van der Waals surface area contributed by atoms with Crippen molar-refractivity contribution < 1.29 is 24.1 Å². The SMILES string of the molecule is C/C=C/C=C/C=C1/[C@H](OC)O[C@](C)(OC)[C@H]1OCc1c(O)cccc1CCC. The molecule has 0 saturated carbocycles. The van der Waals surface area contributed by atoms with Crippen molar-refractivity contribution in [2.75, 3.05) is 14.2 Å². The molecule has 1 aliphatic heterocycles. The normalized spacial score (nSPS) is 26.8. The van der Waals surface area contributed by atoms with Gasteiger partial charge in [0.25, 0.3) is 0 Å². The fourth-order valence-corrected chi connectivity index (χ4v) is 3.32. The monoisotopic (exact) mass is 388 g/mol. The summed E-state index contributed by atoms with van der Waals surface area (Å²) in [5.41, 5.74) is 2.72. The van der Waals surface area contributed by atoms with Crippen LogP contribution in [0.1, 0.15) is 38.3 Å². The Labute approximate surface area is 168 Å². The summed E-state index contributed by atoms with van der Waals surface area (Å²) < 4.78 is 23.4. The molecule has 3 atom stereocenters. The van der Waals surface area contributed by atoms with Gasteiger partial charge in [-0.15, -0.1) is 0 Å². The van der Waals surface area contributed by atoms with E-state index in [-0.39, 0.29) is 12.4 Å². The summed E-state index contributed by atoms with van der Waals surface area (Å²) in [6.45, 7) is 6.16. The largest absolute Gasteiger partial charge is 0.508 e. The predicted octanol–water partition coefficient (Wildman–Crippen LogP) is 4.65. The number of phenolic OH excluding ortho intramolecular Hbond substituents is 1. The lowest BCUT2D eigenvalue weighted by Gasteiger charge is -2.28. The van der Waals surface area contributed by atoms with Crippen LogP contribution < -0.4 is 0 Å². The molecular formula is C23H32O5. The molecule has 1 N–H and O–H groups in total. The Morgan fingerprint density at radius 3 is 2.64 bits per heavy atom. The number of aromatic hydroxyl groups is 1. The van der Waals surface area contributed by atoms with E-state index in [1.54, 1.807) is 20.3 Å². The van der Waals surface area contributed by atoms with E-state index in [0.29, 0.717) is 0 Å². The number of allylic oxidation sites excluding steroid dienone is 5. The summed E-state index contributed by atoms with van der Waals surface area (Å²) in [4.78, 5) is 0. The minimum atomic E-state index is -0.990. The molecule has 1 aromatic carbocycles. The lowest BCUT2D eigenvalue weighted by molar-refractivity contribution is -0.271. The molecule has 0 amide bonds. The quantitative estimate of drug-likeness (QED) is 0.624. The van der Waals surface area contributed by atoms with E-state index in [1.165, 1.54) is 0 Å². The summed E-state index contributed by atoms with van der Waals surface area (Å²) >= 11 is 0. The average Bonchev–Trinajstić information content (AvgIpc) is 2.97. The van der Waals surface area contributed by atoms with Gasteiger partial charge in [0.05, 0.1) is 6.61 Å². The Morgan fingerprint density at radius 1 is 1.21 bits per heavy atom. The van der Waals surface area contributed by atoms with Gasteiger partial charge in [0, 0.05) is 25.4 Å². The molecule has 0 radical (unpaired) electrons. The maximum absolute atomic E-state index is 10.3. The van der Waals surface area contributed by atoms with Gasteiger partial charge in [-0.2, -0.15) is 0 Å². The van der Waals surface area contributed by atoms with Gasteiger partial charge in [-0.05, 0) is 31.9 Å². The number of methoxy groups -OCH3 is 2. The van der Waals surface area contributed by atoms with E-state index >= 15 is 0 Å². The van der Waals surface area contributed by atoms with Crippen LogP contribution in [0.5, 0.6) is 5.75 Å². The van der Waals surface area contributed by atoms with Crippen LogP contribution in [0.2, 0.25) is 0 Å². The van der Waals surface area contributed by atoms with E-state index < -0.39 is 18.2 Å². The third-order valence-electron chi connectivity index (χ3n) is 4.88. The molecule has 0 unspecified atom stereocenters. The highest BCUT2D eigenvalue weighted by Crippen LogP contribution is 2.39. The second kappa shape index (κ2) is 10.6. The summed E-state index contributed by atoms with van der Waals surface area (Å²) in [7, 11) is 3.18. The average molecular weight is 389 g/mol. The molecule has 5 heteroatoms. The highest BCUT2D eigenvalue weighted by molar-refractivity contribution is 5.39. The summed E-state index contributed by atoms with van der Waals surface area (Å²) in [6, 6.07) is 5.57. The van der Waals surface area contributed by atoms with Gasteiger partial charge < -0.3 is 24.1 Å². The highest BCUT2D eigenvalue weighted by Gasteiger charge is 2.50. The van der Waals surface area contributed by atoms with Crippen LogP contribution in [-0.2, 0) is 32.0 Å². The lowest BCUT2D eigenvalue weighted by atomic mass is 10.0. The maximum Gasteiger partial charge on any atom is 0.198 e. The van der Waals surface area contributed by atoms with Crippen molar-refractivity contribution in [1.29, 1.82) is 0 Å². The summed E-state index contributed by atoms with van der Waals surface area (Å²) in [5, 5.41) is 10.3. The number of rotatable bonds is 9. The molecule has 1 aromatic rings. The predicted molar refractivity (Wildman–Crippen MR) is 110 cm³/mol. The van der Waals surface area contributed by atoms with E-state index in [2.05, 4.69) is 6.92 Å². The second-order valence-electron chi connectivity index (χ2n) is 6.84. The number of hydrogen-bond donors (Lipinski definition) is 1. The number of benzene rings is 1. The maximum atomic E-state index is 10.3. The van der Waals surface area contributed by atoms with Crippen molar-refractivity contribution in [2.45, 2.75) is 58.4 Å². The molecule has 0 bridgehead atoms. The second-order valence-corrected chi connectivity index (χ2v) is 6.84. The number of aryl methyl sites for hydroxylation is 1. The van der Waals surface area contributed by atoms with Crippen LogP contribution in [0.3, 0.4) is 0 Å². The fraction of sp³-hybridized carbons (Fsp3) is 0.478. The molecule has 5 nitrogen and oxygen atoms in total. The van der Waals surface area contributed by atoms with Crippen molar-refractivity contribution in [2.24, 2.45) is 0 Å². The molecule has 154 valence electrons. The van der Waals surface area contributed by atoms with Crippen molar-refractivity contribution >= 4 is 0 Å². The van der Waals surface area contributed by atoms with Crippen LogP contribution in [0.4, 0.5) is 0 Å².